The third-order valence-electron chi connectivity index (χ3n) is 5.90. The second-order valence-electron chi connectivity index (χ2n) is 8.44. The Bertz CT molecular complexity index is 615. The Hall–Kier alpha value is -0.900. The van der Waals surface area contributed by atoms with Crippen LogP contribution in [0.4, 0.5) is 0 Å². The number of likely N-dealkylation sites (tertiary alicyclic amines) is 1. The molecule has 1 atom stereocenters. The van der Waals surface area contributed by atoms with Gasteiger partial charge in [-0.25, -0.2) is 0 Å². The summed E-state index contributed by atoms with van der Waals surface area (Å²) < 4.78 is 11.9. The molecule has 0 saturated carbocycles. The largest absolute Gasteiger partial charge is 0.378 e. The van der Waals surface area contributed by atoms with E-state index >= 15 is 0 Å². The fourth-order valence-electron chi connectivity index (χ4n) is 4.07. The molecule has 0 bridgehead atoms. The van der Waals surface area contributed by atoms with Crippen molar-refractivity contribution in [3.05, 3.63) is 35.9 Å². The van der Waals surface area contributed by atoms with Crippen molar-refractivity contribution in [2.24, 2.45) is 4.99 Å². The van der Waals surface area contributed by atoms with Crippen LogP contribution in [0.25, 0.3) is 0 Å². The maximum Gasteiger partial charge on any atom is 0.191 e. The average molecular weight is 530 g/mol. The van der Waals surface area contributed by atoms with Gasteiger partial charge in [0.2, 0.25) is 0 Å². The third-order valence-corrected chi connectivity index (χ3v) is 5.90. The van der Waals surface area contributed by atoms with Crippen LogP contribution in [0.5, 0.6) is 0 Å². The van der Waals surface area contributed by atoms with Crippen LogP contribution in [0, 0.1) is 0 Å². The highest BCUT2D eigenvalue weighted by molar-refractivity contribution is 14.0. The molecule has 6 nitrogen and oxygen atoms in total. The Morgan fingerprint density at radius 1 is 1.23 bits per heavy atom. The van der Waals surface area contributed by atoms with E-state index in [1.165, 1.54) is 5.56 Å². The molecule has 0 aliphatic carbocycles. The molecule has 2 aliphatic heterocycles. The average Bonchev–Trinajstić information content (AvgIpc) is 3.19. The molecule has 0 aromatic heterocycles. The van der Waals surface area contributed by atoms with E-state index in [9.17, 15) is 0 Å². The van der Waals surface area contributed by atoms with E-state index in [0.29, 0.717) is 6.10 Å². The van der Waals surface area contributed by atoms with Crippen LogP contribution in [-0.2, 0) is 16.0 Å². The Morgan fingerprint density at radius 2 is 2.00 bits per heavy atom. The number of nitrogens with one attached hydrogen (secondary N) is 2. The summed E-state index contributed by atoms with van der Waals surface area (Å²) in [6.07, 6.45) is 5.89. The molecule has 2 saturated heterocycles. The second-order valence-corrected chi connectivity index (χ2v) is 8.44. The minimum Gasteiger partial charge on any atom is -0.378 e. The van der Waals surface area contributed by atoms with Gasteiger partial charge in [-0.1, -0.05) is 30.3 Å². The van der Waals surface area contributed by atoms with Crippen molar-refractivity contribution < 1.29 is 9.47 Å². The quantitative estimate of drug-likeness (QED) is 0.222. The van der Waals surface area contributed by atoms with Gasteiger partial charge in [-0.2, -0.15) is 0 Å². The highest BCUT2D eigenvalue weighted by Gasteiger charge is 2.29. The Morgan fingerprint density at radius 3 is 2.67 bits per heavy atom. The molecule has 2 N–H and O–H groups in total. The molecule has 2 fully saturated rings. The number of hydrogen-bond donors (Lipinski definition) is 2. The number of rotatable bonds is 9. The van der Waals surface area contributed by atoms with Gasteiger partial charge >= 0.3 is 0 Å². The van der Waals surface area contributed by atoms with E-state index in [1.54, 1.807) is 0 Å². The maximum absolute atomic E-state index is 6.11. The summed E-state index contributed by atoms with van der Waals surface area (Å²) >= 11 is 0. The predicted molar refractivity (Wildman–Crippen MR) is 134 cm³/mol. The normalized spacial score (nSPS) is 23.2. The first kappa shape index (κ1) is 25.4. The van der Waals surface area contributed by atoms with Crippen LogP contribution in [0.2, 0.25) is 0 Å². The van der Waals surface area contributed by atoms with Crippen molar-refractivity contribution >= 4 is 29.9 Å². The summed E-state index contributed by atoms with van der Waals surface area (Å²) in [6, 6.07) is 10.7. The standard InChI is InChI=1S/C23H38N4O2.HI/c1-23(12-6-17-29-23)19-26-22(24-2)25-13-7-16-28-21-10-14-27(15-11-21)18-20-8-4-3-5-9-20;/h3-5,8-9,21H,6-7,10-19H2,1-2H3,(H2,24,25,26);1H. The van der Waals surface area contributed by atoms with Crippen molar-refractivity contribution in [2.75, 3.05) is 46.4 Å². The molecule has 7 heteroatoms. The number of aliphatic imine (C=N–C) groups is 1. The molecule has 1 unspecified atom stereocenters. The SMILES string of the molecule is CN=C(NCCCOC1CCN(Cc2ccccc2)CC1)NCC1(C)CCCO1.I. The molecule has 0 amide bonds. The zero-order valence-corrected chi connectivity index (χ0v) is 20.9. The van der Waals surface area contributed by atoms with Gasteiger partial charge in [-0.15, -0.1) is 24.0 Å². The van der Waals surface area contributed by atoms with Gasteiger partial charge in [0, 0.05) is 53.0 Å². The van der Waals surface area contributed by atoms with Crippen LogP contribution in [0.3, 0.4) is 0 Å². The zero-order valence-electron chi connectivity index (χ0n) is 18.6. The lowest BCUT2D eigenvalue weighted by molar-refractivity contribution is 0.00529. The van der Waals surface area contributed by atoms with Crippen molar-refractivity contribution in [1.82, 2.24) is 15.5 Å². The Kier molecular flexibility index (Phi) is 11.4. The van der Waals surface area contributed by atoms with Crippen LogP contribution in [-0.4, -0.2) is 69.0 Å². The molecule has 0 radical (unpaired) electrons. The number of guanidine groups is 1. The lowest BCUT2D eigenvalue weighted by Crippen LogP contribution is -2.45. The molecular formula is C23H39IN4O2. The monoisotopic (exact) mass is 530 g/mol. The van der Waals surface area contributed by atoms with Crippen molar-refractivity contribution in [3.63, 3.8) is 0 Å². The number of hydrogen-bond acceptors (Lipinski definition) is 4. The molecular weight excluding hydrogens is 491 g/mol. The lowest BCUT2D eigenvalue weighted by Gasteiger charge is -2.32. The first-order chi connectivity index (χ1) is 14.2. The summed E-state index contributed by atoms with van der Waals surface area (Å²) in [5.74, 6) is 0.843. The first-order valence-corrected chi connectivity index (χ1v) is 11.1. The van der Waals surface area contributed by atoms with Gasteiger partial charge in [0.05, 0.1) is 11.7 Å². The van der Waals surface area contributed by atoms with E-state index in [0.717, 1.165) is 84.0 Å². The van der Waals surface area contributed by atoms with Crippen LogP contribution in [0.15, 0.2) is 35.3 Å². The number of nitrogens with zero attached hydrogens (tertiary/aromatic N) is 2. The molecule has 170 valence electrons. The summed E-state index contributed by atoms with van der Waals surface area (Å²) in [4.78, 5) is 6.83. The van der Waals surface area contributed by atoms with E-state index in [1.807, 2.05) is 7.05 Å². The highest BCUT2D eigenvalue weighted by Crippen LogP contribution is 2.23. The molecule has 2 aliphatic rings. The minimum atomic E-state index is -0.0594. The molecule has 0 spiro atoms. The minimum absolute atomic E-state index is 0. The second kappa shape index (κ2) is 13.5. The van der Waals surface area contributed by atoms with E-state index in [4.69, 9.17) is 9.47 Å². The Balaban J connectivity index is 0.00000320. The topological polar surface area (TPSA) is 58.1 Å². The van der Waals surface area contributed by atoms with Gasteiger partial charge in [0.25, 0.3) is 0 Å². The smallest absolute Gasteiger partial charge is 0.191 e. The Labute approximate surface area is 199 Å². The third kappa shape index (κ3) is 8.69. The maximum atomic E-state index is 6.11. The van der Waals surface area contributed by atoms with Crippen molar-refractivity contribution in [2.45, 2.75) is 57.3 Å². The summed E-state index contributed by atoms with van der Waals surface area (Å²) in [6.45, 7) is 8.78. The highest BCUT2D eigenvalue weighted by atomic mass is 127. The van der Waals surface area contributed by atoms with Gasteiger partial charge in [-0.3, -0.25) is 9.89 Å². The van der Waals surface area contributed by atoms with Crippen LogP contribution < -0.4 is 10.6 Å². The number of benzene rings is 1. The zero-order chi connectivity index (χ0) is 20.4. The van der Waals surface area contributed by atoms with Gasteiger partial charge < -0.3 is 20.1 Å². The molecule has 1 aromatic carbocycles. The fourth-order valence-corrected chi connectivity index (χ4v) is 4.07. The number of piperidine rings is 1. The van der Waals surface area contributed by atoms with Crippen LogP contribution in [0.1, 0.15) is 44.6 Å². The number of ether oxygens (including phenoxy) is 2. The van der Waals surface area contributed by atoms with E-state index < -0.39 is 0 Å². The molecule has 30 heavy (non-hydrogen) atoms. The first-order valence-electron chi connectivity index (χ1n) is 11.1. The van der Waals surface area contributed by atoms with E-state index in [-0.39, 0.29) is 29.6 Å². The summed E-state index contributed by atoms with van der Waals surface area (Å²) in [7, 11) is 1.81. The van der Waals surface area contributed by atoms with Gasteiger partial charge in [-0.05, 0) is 44.6 Å². The lowest BCUT2D eigenvalue weighted by atomic mass is 10.0. The fraction of sp³-hybridized carbons (Fsp3) is 0.696. The molecule has 3 rings (SSSR count). The van der Waals surface area contributed by atoms with Gasteiger partial charge in [0.15, 0.2) is 5.96 Å². The van der Waals surface area contributed by atoms with Crippen molar-refractivity contribution in [1.29, 1.82) is 0 Å². The van der Waals surface area contributed by atoms with Crippen molar-refractivity contribution in [3.8, 4) is 0 Å². The summed E-state index contributed by atoms with van der Waals surface area (Å²) in [5, 5.41) is 6.76. The van der Waals surface area contributed by atoms with E-state index in [2.05, 4.69) is 57.8 Å². The summed E-state index contributed by atoms with van der Waals surface area (Å²) in [5.41, 5.74) is 1.34. The number of halogens is 1. The molecule has 2 heterocycles. The molecule has 1 aromatic rings. The van der Waals surface area contributed by atoms with Gasteiger partial charge in [0.1, 0.15) is 0 Å². The van der Waals surface area contributed by atoms with Crippen LogP contribution >= 0.6 is 24.0 Å². The predicted octanol–water partition coefficient (Wildman–Crippen LogP) is 3.41.